The van der Waals surface area contributed by atoms with Crippen molar-refractivity contribution in [1.29, 1.82) is 0 Å². The average Bonchev–Trinajstić information content (AvgIpc) is 3.18. The topological polar surface area (TPSA) is 54.0 Å². The van der Waals surface area contributed by atoms with Crippen LogP contribution >= 0.6 is 11.8 Å². The largest absolute Gasteiger partial charge is 0.348 e. The van der Waals surface area contributed by atoms with E-state index in [0.29, 0.717) is 12.1 Å². The summed E-state index contributed by atoms with van der Waals surface area (Å²) in [4.78, 5) is 17.9. The van der Waals surface area contributed by atoms with Gasteiger partial charge in [-0.25, -0.2) is 4.98 Å². The van der Waals surface area contributed by atoms with Crippen molar-refractivity contribution in [3.05, 3.63) is 53.7 Å². The van der Waals surface area contributed by atoms with Crippen molar-refractivity contribution < 1.29 is 4.79 Å². The molecule has 0 radical (unpaired) electrons. The molecule has 24 heavy (non-hydrogen) atoms. The third-order valence-corrected chi connectivity index (χ3v) is 5.79. The summed E-state index contributed by atoms with van der Waals surface area (Å²) in [5, 5.41) is 7.71. The Morgan fingerprint density at radius 3 is 2.75 bits per heavy atom. The van der Waals surface area contributed by atoms with Crippen molar-refractivity contribution in [3.8, 4) is 0 Å². The fraction of sp³-hybridized carbons (Fsp3) is 0.368. The molecule has 0 spiro atoms. The number of amides is 1. The van der Waals surface area contributed by atoms with E-state index in [1.807, 2.05) is 36.5 Å². The zero-order chi connectivity index (χ0) is 16.5. The summed E-state index contributed by atoms with van der Waals surface area (Å²) >= 11 is 1.61. The van der Waals surface area contributed by atoms with E-state index >= 15 is 0 Å². The molecule has 2 N–H and O–H groups in total. The summed E-state index contributed by atoms with van der Waals surface area (Å²) < 4.78 is 0. The van der Waals surface area contributed by atoms with Crippen LogP contribution in [0, 0.1) is 6.92 Å². The van der Waals surface area contributed by atoms with Crippen LogP contribution in [0.3, 0.4) is 0 Å². The van der Waals surface area contributed by atoms with Crippen LogP contribution in [0.15, 0.2) is 52.5 Å². The Bertz CT molecular complexity index is 747. The Hall–Kier alpha value is -1.85. The lowest BCUT2D eigenvalue weighted by atomic mass is 9.95. The Balaban J connectivity index is 1.39. The van der Waals surface area contributed by atoms with Gasteiger partial charge in [-0.1, -0.05) is 11.8 Å². The van der Waals surface area contributed by atoms with Crippen LogP contribution < -0.4 is 10.6 Å². The predicted octanol–water partition coefficient (Wildman–Crippen LogP) is 3.16. The van der Waals surface area contributed by atoms with Crippen molar-refractivity contribution >= 4 is 17.7 Å². The molecule has 2 aliphatic rings. The van der Waals surface area contributed by atoms with Crippen LogP contribution in [0.1, 0.15) is 35.2 Å². The molecule has 2 fully saturated rings. The molecule has 4 nitrogen and oxygen atoms in total. The first-order valence-corrected chi connectivity index (χ1v) is 9.26. The fourth-order valence-electron chi connectivity index (χ4n) is 3.59. The molecule has 4 rings (SSSR count). The lowest BCUT2D eigenvalue weighted by Gasteiger charge is -2.21. The van der Waals surface area contributed by atoms with E-state index in [4.69, 9.17) is 0 Å². The van der Waals surface area contributed by atoms with Gasteiger partial charge in [-0.2, -0.15) is 0 Å². The molecule has 3 heterocycles. The molecular formula is C19H21N3OS. The normalized spacial score (nSPS) is 25.0. The van der Waals surface area contributed by atoms with Crippen molar-refractivity contribution in [2.75, 3.05) is 0 Å². The number of aromatic nitrogens is 1. The van der Waals surface area contributed by atoms with Gasteiger partial charge in [0.05, 0.1) is 0 Å². The van der Waals surface area contributed by atoms with Crippen molar-refractivity contribution in [1.82, 2.24) is 15.6 Å². The summed E-state index contributed by atoms with van der Waals surface area (Å²) in [7, 11) is 0. The van der Waals surface area contributed by atoms with Crippen LogP contribution in [0.25, 0.3) is 0 Å². The number of fused-ring (bicyclic) bond motifs is 2. The smallest absolute Gasteiger partial charge is 0.251 e. The summed E-state index contributed by atoms with van der Waals surface area (Å²) in [6.45, 7) is 2.06. The van der Waals surface area contributed by atoms with Crippen LogP contribution in [-0.4, -0.2) is 29.0 Å². The van der Waals surface area contributed by atoms with Crippen LogP contribution in [0.5, 0.6) is 0 Å². The lowest BCUT2D eigenvalue weighted by molar-refractivity contribution is 0.0931. The second-order valence-corrected chi connectivity index (χ2v) is 7.75. The zero-order valence-corrected chi connectivity index (χ0v) is 14.5. The molecule has 1 amide bonds. The minimum Gasteiger partial charge on any atom is -0.348 e. The summed E-state index contributed by atoms with van der Waals surface area (Å²) in [6.07, 6.45) is 5.30. The van der Waals surface area contributed by atoms with Gasteiger partial charge in [0.25, 0.3) is 5.91 Å². The van der Waals surface area contributed by atoms with Gasteiger partial charge in [-0.15, -0.1) is 0 Å². The van der Waals surface area contributed by atoms with E-state index in [9.17, 15) is 4.79 Å². The van der Waals surface area contributed by atoms with Gasteiger partial charge in [0, 0.05) is 34.8 Å². The third kappa shape index (κ3) is 3.32. The lowest BCUT2D eigenvalue weighted by Crippen LogP contribution is -2.42. The SMILES string of the molecule is Cc1ccnc(Sc2ccc(C(=O)N[C@@H]3C[C@H]4CC[C@@H]3N4)cc2)c1. The first-order valence-electron chi connectivity index (χ1n) is 8.45. The minimum atomic E-state index is 0.0274. The van der Waals surface area contributed by atoms with Crippen LogP contribution in [0.4, 0.5) is 0 Å². The average molecular weight is 339 g/mol. The van der Waals surface area contributed by atoms with Crippen LogP contribution in [0.2, 0.25) is 0 Å². The highest BCUT2D eigenvalue weighted by molar-refractivity contribution is 7.99. The van der Waals surface area contributed by atoms with Gasteiger partial charge in [-0.3, -0.25) is 4.79 Å². The monoisotopic (exact) mass is 339 g/mol. The standard InChI is InChI=1S/C19H21N3OS/c1-12-8-9-20-18(10-12)24-15-5-2-13(3-6-15)19(23)22-17-11-14-4-7-16(17)21-14/h2-3,5-6,8-10,14,16-17,21H,4,7,11H2,1H3,(H,22,23)/t14-,16+,17-/m1/s1. The van der Waals surface area contributed by atoms with Gasteiger partial charge < -0.3 is 10.6 Å². The summed E-state index contributed by atoms with van der Waals surface area (Å²) in [5.74, 6) is 0.0274. The van der Waals surface area contributed by atoms with Crippen molar-refractivity contribution in [2.24, 2.45) is 0 Å². The molecule has 0 saturated carbocycles. The van der Waals surface area contributed by atoms with Gasteiger partial charge in [0.15, 0.2) is 0 Å². The number of hydrogen-bond acceptors (Lipinski definition) is 4. The number of pyridine rings is 1. The second kappa shape index (κ2) is 6.57. The van der Waals surface area contributed by atoms with E-state index < -0.39 is 0 Å². The number of hydrogen-bond donors (Lipinski definition) is 2. The fourth-order valence-corrected chi connectivity index (χ4v) is 4.47. The van der Waals surface area contributed by atoms with Gasteiger partial charge in [0.1, 0.15) is 5.03 Å². The molecule has 1 aromatic heterocycles. The van der Waals surface area contributed by atoms with E-state index in [0.717, 1.165) is 21.9 Å². The van der Waals surface area contributed by atoms with Crippen molar-refractivity contribution in [2.45, 2.75) is 54.2 Å². The van der Waals surface area contributed by atoms with Crippen molar-refractivity contribution in [3.63, 3.8) is 0 Å². The molecular weight excluding hydrogens is 318 g/mol. The predicted molar refractivity (Wildman–Crippen MR) is 95.4 cm³/mol. The van der Waals surface area contributed by atoms with Gasteiger partial charge in [0.2, 0.25) is 0 Å². The molecule has 5 heteroatoms. The highest BCUT2D eigenvalue weighted by atomic mass is 32.2. The molecule has 2 saturated heterocycles. The van der Waals surface area contributed by atoms with E-state index in [-0.39, 0.29) is 11.9 Å². The van der Waals surface area contributed by atoms with Gasteiger partial charge >= 0.3 is 0 Å². The van der Waals surface area contributed by atoms with E-state index in [1.54, 1.807) is 11.8 Å². The number of aryl methyl sites for hydroxylation is 1. The maximum absolute atomic E-state index is 12.4. The highest BCUT2D eigenvalue weighted by Gasteiger charge is 2.39. The maximum atomic E-state index is 12.4. The Morgan fingerprint density at radius 2 is 2.08 bits per heavy atom. The molecule has 0 aliphatic carbocycles. The Labute approximate surface area is 146 Å². The third-order valence-electron chi connectivity index (χ3n) is 4.85. The molecule has 0 unspecified atom stereocenters. The second-order valence-electron chi connectivity index (χ2n) is 6.66. The first-order chi connectivity index (χ1) is 11.7. The quantitative estimate of drug-likeness (QED) is 0.898. The Kier molecular flexibility index (Phi) is 4.29. The highest BCUT2D eigenvalue weighted by Crippen LogP contribution is 2.29. The molecule has 3 atom stereocenters. The molecule has 2 aliphatic heterocycles. The molecule has 2 aromatic rings. The number of rotatable bonds is 4. The number of nitrogens with one attached hydrogen (secondary N) is 2. The minimum absolute atomic E-state index is 0.0274. The maximum Gasteiger partial charge on any atom is 0.251 e. The number of benzene rings is 1. The number of carbonyl (C=O) groups excluding carboxylic acids is 1. The number of carbonyl (C=O) groups is 1. The zero-order valence-electron chi connectivity index (χ0n) is 13.7. The molecule has 124 valence electrons. The van der Waals surface area contributed by atoms with E-state index in [1.165, 1.54) is 18.4 Å². The molecule has 2 bridgehead atoms. The first kappa shape index (κ1) is 15.7. The van der Waals surface area contributed by atoms with Crippen LogP contribution in [-0.2, 0) is 0 Å². The summed E-state index contributed by atoms with van der Waals surface area (Å²) in [6, 6.07) is 13.2. The summed E-state index contributed by atoms with van der Waals surface area (Å²) in [5.41, 5.74) is 1.92. The van der Waals surface area contributed by atoms with E-state index in [2.05, 4.69) is 28.6 Å². The Morgan fingerprint density at radius 1 is 1.25 bits per heavy atom. The molecule has 1 aromatic carbocycles. The van der Waals surface area contributed by atoms with Gasteiger partial charge in [-0.05, 0) is 68.1 Å². The number of nitrogens with zero attached hydrogens (tertiary/aromatic N) is 1.